The van der Waals surface area contributed by atoms with Crippen LogP contribution in [-0.4, -0.2) is 39.7 Å². The number of alkyl halides is 6. The van der Waals surface area contributed by atoms with E-state index in [1.165, 1.54) is 24.3 Å². The SMILES string of the molecule is O=C(c1ccc(-c2noc(C(F)(F)F)n2)cc1)N(CC(F)(F)F)C1CCC1. The molecule has 0 spiro atoms. The average molecular weight is 393 g/mol. The predicted octanol–water partition coefficient (Wildman–Crippen LogP) is 4.31. The van der Waals surface area contributed by atoms with Crippen LogP contribution < -0.4 is 0 Å². The van der Waals surface area contributed by atoms with E-state index >= 15 is 0 Å². The van der Waals surface area contributed by atoms with E-state index in [9.17, 15) is 31.1 Å². The zero-order chi connectivity index (χ0) is 19.8. The van der Waals surface area contributed by atoms with E-state index in [0.29, 0.717) is 12.8 Å². The van der Waals surface area contributed by atoms with E-state index in [2.05, 4.69) is 14.7 Å². The van der Waals surface area contributed by atoms with Gasteiger partial charge in [0.1, 0.15) is 6.54 Å². The summed E-state index contributed by atoms with van der Waals surface area (Å²) in [6.07, 6.45) is -7.55. The summed E-state index contributed by atoms with van der Waals surface area (Å²) in [5.41, 5.74) is 0.131. The number of hydrogen-bond acceptors (Lipinski definition) is 4. The summed E-state index contributed by atoms with van der Waals surface area (Å²) in [7, 11) is 0. The summed E-state index contributed by atoms with van der Waals surface area (Å²) < 4.78 is 79.9. The first kappa shape index (κ1) is 19.2. The lowest BCUT2D eigenvalue weighted by Crippen LogP contribution is -2.48. The third kappa shape index (κ3) is 4.40. The van der Waals surface area contributed by atoms with Crippen molar-refractivity contribution in [3.05, 3.63) is 35.7 Å². The minimum absolute atomic E-state index is 0.00515. The number of carbonyl (C=O) groups excluding carboxylic acids is 1. The molecule has 11 heteroatoms. The number of rotatable bonds is 4. The fraction of sp³-hybridized carbons (Fsp3) is 0.438. The summed E-state index contributed by atoms with van der Waals surface area (Å²) >= 11 is 0. The van der Waals surface area contributed by atoms with Gasteiger partial charge in [0.25, 0.3) is 5.91 Å². The lowest BCUT2D eigenvalue weighted by molar-refractivity contribution is -0.159. The fourth-order valence-corrected chi connectivity index (χ4v) is 2.64. The van der Waals surface area contributed by atoms with Crippen LogP contribution in [0.3, 0.4) is 0 Å². The van der Waals surface area contributed by atoms with Crippen molar-refractivity contribution < 1.29 is 35.7 Å². The van der Waals surface area contributed by atoms with Gasteiger partial charge in [-0.2, -0.15) is 31.3 Å². The van der Waals surface area contributed by atoms with Crippen molar-refractivity contribution in [2.45, 2.75) is 37.7 Å². The van der Waals surface area contributed by atoms with Crippen LogP contribution in [0.1, 0.15) is 35.5 Å². The van der Waals surface area contributed by atoms with Crippen molar-refractivity contribution in [1.29, 1.82) is 0 Å². The molecule has 0 N–H and O–H groups in total. The third-order valence-corrected chi connectivity index (χ3v) is 4.18. The zero-order valence-electron chi connectivity index (χ0n) is 13.6. The maximum atomic E-state index is 12.8. The highest BCUT2D eigenvalue weighted by Crippen LogP contribution is 2.31. The van der Waals surface area contributed by atoms with E-state index in [0.717, 1.165) is 11.3 Å². The molecule has 1 aromatic carbocycles. The van der Waals surface area contributed by atoms with Gasteiger partial charge in [-0.25, -0.2) is 0 Å². The Balaban J connectivity index is 1.79. The number of halogens is 6. The second-order valence-corrected chi connectivity index (χ2v) is 6.13. The second-order valence-electron chi connectivity index (χ2n) is 6.13. The molecule has 146 valence electrons. The molecular weight excluding hydrogens is 380 g/mol. The summed E-state index contributed by atoms with van der Waals surface area (Å²) in [5, 5.41) is 3.21. The first-order chi connectivity index (χ1) is 12.5. The van der Waals surface area contributed by atoms with E-state index in [-0.39, 0.29) is 17.0 Å². The average Bonchev–Trinajstić information content (AvgIpc) is 3.01. The molecule has 0 unspecified atom stereocenters. The molecule has 0 aliphatic heterocycles. The van der Waals surface area contributed by atoms with Gasteiger partial charge in [0.15, 0.2) is 0 Å². The van der Waals surface area contributed by atoms with Crippen LogP contribution >= 0.6 is 0 Å². The summed E-state index contributed by atoms with van der Waals surface area (Å²) in [4.78, 5) is 16.5. The topological polar surface area (TPSA) is 59.2 Å². The molecule has 27 heavy (non-hydrogen) atoms. The molecule has 0 bridgehead atoms. The fourth-order valence-electron chi connectivity index (χ4n) is 2.64. The molecular formula is C16H13F6N3O2. The number of nitrogens with zero attached hydrogens (tertiary/aromatic N) is 3. The number of benzene rings is 1. The van der Waals surface area contributed by atoms with E-state index in [4.69, 9.17) is 0 Å². The van der Waals surface area contributed by atoms with Gasteiger partial charge in [0, 0.05) is 17.2 Å². The smallest absolute Gasteiger partial charge is 0.329 e. The van der Waals surface area contributed by atoms with E-state index in [1.54, 1.807) is 0 Å². The van der Waals surface area contributed by atoms with Crippen LogP contribution in [0, 0.1) is 0 Å². The molecule has 2 aromatic rings. The normalized spacial score (nSPS) is 15.5. The van der Waals surface area contributed by atoms with Gasteiger partial charge in [0.05, 0.1) is 0 Å². The summed E-state index contributed by atoms with van der Waals surface area (Å²) in [5.74, 6) is -2.64. The highest BCUT2D eigenvalue weighted by molar-refractivity contribution is 5.95. The molecule has 1 heterocycles. The maximum Gasteiger partial charge on any atom is 0.471 e. The van der Waals surface area contributed by atoms with Crippen LogP contribution in [0.2, 0.25) is 0 Å². The summed E-state index contributed by atoms with van der Waals surface area (Å²) in [6.45, 7) is -1.35. The number of aromatic nitrogens is 2. The molecule has 1 aliphatic carbocycles. The lowest BCUT2D eigenvalue weighted by Gasteiger charge is -2.38. The van der Waals surface area contributed by atoms with Crippen molar-refractivity contribution in [1.82, 2.24) is 15.0 Å². The zero-order valence-corrected chi connectivity index (χ0v) is 13.6. The standard InChI is InChI=1S/C16H13F6N3O2/c17-15(18,19)8-25(11-2-1-3-11)13(26)10-6-4-9(5-7-10)12-23-14(27-24-12)16(20,21)22/h4-7,11H,1-3,8H2. The van der Waals surface area contributed by atoms with Crippen molar-refractivity contribution >= 4 is 5.91 Å². The molecule has 5 nitrogen and oxygen atoms in total. The van der Waals surface area contributed by atoms with Crippen LogP contribution in [0.4, 0.5) is 26.3 Å². The molecule has 0 saturated heterocycles. The summed E-state index contributed by atoms with van der Waals surface area (Å²) in [6, 6.07) is 4.49. The Labute approximate surface area is 149 Å². The number of carbonyl (C=O) groups is 1. The largest absolute Gasteiger partial charge is 0.471 e. The Kier molecular flexibility index (Phi) is 4.87. The first-order valence-electron chi connectivity index (χ1n) is 7.93. The second kappa shape index (κ2) is 6.86. The van der Waals surface area contributed by atoms with Gasteiger partial charge in [-0.15, -0.1) is 0 Å². The lowest BCUT2D eigenvalue weighted by atomic mass is 9.91. The molecule has 1 fully saturated rings. The minimum atomic E-state index is -4.79. The van der Waals surface area contributed by atoms with Crippen molar-refractivity contribution in [3.8, 4) is 11.4 Å². The molecule has 3 rings (SSSR count). The molecule has 1 saturated carbocycles. The van der Waals surface area contributed by atoms with Gasteiger partial charge < -0.3 is 9.42 Å². The van der Waals surface area contributed by atoms with Gasteiger partial charge in [-0.05, 0) is 31.4 Å². The molecule has 1 aromatic heterocycles. The van der Waals surface area contributed by atoms with Gasteiger partial charge in [-0.3, -0.25) is 4.79 Å². The van der Waals surface area contributed by atoms with Crippen molar-refractivity contribution in [2.75, 3.05) is 6.54 Å². The number of amides is 1. The Hall–Kier alpha value is -2.59. The van der Waals surface area contributed by atoms with Crippen molar-refractivity contribution in [3.63, 3.8) is 0 Å². The first-order valence-corrected chi connectivity index (χ1v) is 7.93. The minimum Gasteiger partial charge on any atom is -0.329 e. The third-order valence-electron chi connectivity index (χ3n) is 4.18. The highest BCUT2D eigenvalue weighted by Gasteiger charge is 2.39. The van der Waals surface area contributed by atoms with E-state index < -0.39 is 36.7 Å². The van der Waals surface area contributed by atoms with Crippen molar-refractivity contribution in [2.24, 2.45) is 0 Å². The Morgan fingerprint density at radius 3 is 2.19 bits per heavy atom. The molecule has 1 amide bonds. The van der Waals surface area contributed by atoms with Crippen LogP contribution in [0.5, 0.6) is 0 Å². The predicted molar refractivity (Wildman–Crippen MR) is 79.5 cm³/mol. The molecule has 1 aliphatic rings. The highest BCUT2D eigenvalue weighted by atomic mass is 19.4. The monoisotopic (exact) mass is 393 g/mol. The van der Waals surface area contributed by atoms with E-state index in [1.807, 2.05) is 0 Å². The molecule has 0 atom stereocenters. The van der Waals surface area contributed by atoms with Crippen LogP contribution in [-0.2, 0) is 6.18 Å². The van der Waals surface area contributed by atoms with Gasteiger partial charge in [-0.1, -0.05) is 17.3 Å². The number of hydrogen-bond donors (Lipinski definition) is 0. The maximum absolute atomic E-state index is 12.8. The quantitative estimate of drug-likeness (QED) is 0.727. The van der Waals surface area contributed by atoms with Crippen LogP contribution in [0.25, 0.3) is 11.4 Å². The van der Waals surface area contributed by atoms with Crippen LogP contribution in [0.15, 0.2) is 28.8 Å². The van der Waals surface area contributed by atoms with Gasteiger partial charge in [0.2, 0.25) is 5.82 Å². The molecule has 0 radical (unpaired) electrons. The van der Waals surface area contributed by atoms with Gasteiger partial charge >= 0.3 is 18.2 Å². The Morgan fingerprint density at radius 1 is 1.11 bits per heavy atom. The Morgan fingerprint density at radius 2 is 1.74 bits per heavy atom. The Bertz CT molecular complexity index is 809.